The molecule has 2 aliphatic heterocycles. The lowest BCUT2D eigenvalue weighted by Gasteiger charge is -2.21. The standard InChI is InChI=1S/C25H34N4O2/c30-23(31)16-19(21-15-20-9-6-13-26-24(20)28-17-21)7-3-1-2-4-10-22-12-11-18-8-5-14-27-25(18)29-22/h11-12,15,17,19H,1-10,13-14,16H2,(H,26,28)(H,27,29)(H,30,31). The van der Waals surface area contributed by atoms with Gasteiger partial charge in [-0.25, -0.2) is 9.97 Å². The molecule has 0 saturated carbocycles. The van der Waals surface area contributed by atoms with Crippen molar-refractivity contribution in [3.8, 4) is 0 Å². The molecule has 1 unspecified atom stereocenters. The molecule has 0 spiro atoms. The molecule has 6 heteroatoms. The zero-order valence-electron chi connectivity index (χ0n) is 18.3. The van der Waals surface area contributed by atoms with Gasteiger partial charge in [-0.2, -0.15) is 0 Å². The Hall–Kier alpha value is -2.63. The number of fused-ring (bicyclic) bond motifs is 2. The fraction of sp³-hybridized carbons (Fsp3) is 0.560. The molecule has 0 saturated heterocycles. The minimum Gasteiger partial charge on any atom is -0.481 e. The Kier molecular flexibility index (Phi) is 7.39. The normalized spacial score (nSPS) is 15.9. The largest absolute Gasteiger partial charge is 0.481 e. The number of hydrogen-bond acceptors (Lipinski definition) is 5. The van der Waals surface area contributed by atoms with Crippen LogP contribution in [0, 0.1) is 0 Å². The Morgan fingerprint density at radius 1 is 1.00 bits per heavy atom. The van der Waals surface area contributed by atoms with E-state index in [1.165, 1.54) is 23.2 Å². The summed E-state index contributed by atoms with van der Waals surface area (Å²) in [5, 5.41) is 16.1. The number of nitrogens with one attached hydrogen (secondary N) is 2. The highest BCUT2D eigenvalue weighted by Crippen LogP contribution is 2.30. The first-order valence-electron chi connectivity index (χ1n) is 11.9. The van der Waals surface area contributed by atoms with Crippen molar-refractivity contribution in [1.29, 1.82) is 0 Å². The lowest BCUT2D eigenvalue weighted by molar-refractivity contribution is -0.137. The summed E-state index contributed by atoms with van der Waals surface area (Å²) in [7, 11) is 0. The van der Waals surface area contributed by atoms with Crippen molar-refractivity contribution in [3.63, 3.8) is 0 Å². The Balaban J connectivity index is 1.23. The molecule has 4 heterocycles. The number of anilines is 2. The van der Waals surface area contributed by atoms with Crippen LogP contribution in [0.5, 0.6) is 0 Å². The average molecular weight is 423 g/mol. The van der Waals surface area contributed by atoms with Crippen molar-refractivity contribution in [3.05, 3.63) is 46.8 Å². The predicted molar refractivity (Wildman–Crippen MR) is 124 cm³/mol. The van der Waals surface area contributed by atoms with E-state index in [2.05, 4.69) is 33.8 Å². The highest BCUT2D eigenvalue weighted by Gasteiger charge is 2.19. The minimum atomic E-state index is -0.729. The maximum absolute atomic E-state index is 11.4. The van der Waals surface area contributed by atoms with Crippen LogP contribution in [0.4, 0.5) is 11.6 Å². The van der Waals surface area contributed by atoms with Crippen LogP contribution < -0.4 is 10.6 Å². The van der Waals surface area contributed by atoms with E-state index in [0.29, 0.717) is 0 Å². The third kappa shape index (κ3) is 5.96. The van der Waals surface area contributed by atoms with Gasteiger partial charge < -0.3 is 15.7 Å². The Labute approximate surface area is 184 Å². The van der Waals surface area contributed by atoms with Gasteiger partial charge in [-0.15, -0.1) is 0 Å². The van der Waals surface area contributed by atoms with E-state index in [1.807, 2.05) is 6.20 Å². The quantitative estimate of drug-likeness (QED) is 0.470. The van der Waals surface area contributed by atoms with E-state index in [-0.39, 0.29) is 12.3 Å². The molecule has 0 amide bonds. The van der Waals surface area contributed by atoms with E-state index in [4.69, 9.17) is 4.98 Å². The second kappa shape index (κ2) is 10.6. The summed E-state index contributed by atoms with van der Waals surface area (Å²) in [5.41, 5.74) is 4.82. The number of aromatic nitrogens is 2. The second-order valence-electron chi connectivity index (χ2n) is 8.90. The maximum atomic E-state index is 11.4. The SMILES string of the molecule is O=C(O)CC(CCCCCCc1ccc2c(n1)NCCC2)c1cnc2c(c1)CCCN2. The van der Waals surface area contributed by atoms with E-state index < -0.39 is 5.97 Å². The van der Waals surface area contributed by atoms with Crippen molar-refractivity contribution in [1.82, 2.24) is 9.97 Å². The van der Waals surface area contributed by atoms with Gasteiger partial charge in [-0.1, -0.05) is 31.4 Å². The van der Waals surface area contributed by atoms with Crippen LogP contribution in [-0.2, 0) is 24.1 Å². The lowest BCUT2D eigenvalue weighted by atomic mass is 9.89. The van der Waals surface area contributed by atoms with Gasteiger partial charge in [0.1, 0.15) is 11.6 Å². The monoisotopic (exact) mass is 422 g/mol. The highest BCUT2D eigenvalue weighted by atomic mass is 16.4. The molecule has 0 aromatic carbocycles. The van der Waals surface area contributed by atoms with E-state index in [9.17, 15) is 9.90 Å². The topological polar surface area (TPSA) is 87.1 Å². The molecule has 2 aliphatic rings. The summed E-state index contributed by atoms with van der Waals surface area (Å²) < 4.78 is 0. The summed E-state index contributed by atoms with van der Waals surface area (Å²) >= 11 is 0. The number of carboxylic acid groups (broad SMARTS) is 1. The number of pyridine rings is 2. The molecule has 2 aromatic rings. The van der Waals surface area contributed by atoms with Gasteiger partial charge in [0.15, 0.2) is 0 Å². The van der Waals surface area contributed by atoms with Crippen LogP contribution in [0.15, 0.2) is 24.4 Å². The molecule has 4 rings (SSSR count). The Morgan fingerprint density at radius 2 is 1.77 bits per heavy atom. The third-order valence-corrected chi connectivity index (χ3v) is 6.48. The van der Waals surface area contributed by atoms with Crippen LogP contribution >= 0.6 is 0 Å². The number of aliphatic carboxylic acids is 1. The van der Waals surface area contributed by atoms with Gasteiger partial charge in [0.25, 0.3) is 0 Å². The zero-order valence-corrected chi connectivity index (χ0v) is 18.3. The molecule has 0 bridgehead atoms. The van der Waals surface area contributed by atoms with Gasteiger partial charge in [-0.3, -0.25) is 4.79 Å². The van der Waals surface area contributed by atoms with Gasteiger partial charge >= 0.3 is 5.97 Å². The Morgan fingerprint density at radius 3 is 2.61 bits per heavy atom. The third-order valence-electron chi connectivity index (χ3n) is 6.48. The van der Waals surface area contributed by atoms with E-state index in [0.717, 1.165) is 88.1 Å². The van der Waals surface area contributed by atoms with Crippen molar-refractivity contribution in [2.24, 2.45) is 0 Å². The highest BCUT2D eigenvalue weighted by molar-refractivity contribution is 5.68. The van der Waals surface area contributed by atoms with Gasteiger partial charge in [0.05, 0.1) is 6.42 Å². The number of aryl methyl sites for hydroxylation is 3. The van der Waals surface area contributed by atoms with Crippen molar-refractivity contribution in [2.75, 3.05) is 23.7 Å². The lowest BCUT2D eigenvalue weighted by Crippen LogP contribution is -2.15. The fourth-order valence-electron chi connectivity index (χ4n) is 4.74. The first-order chi connectivity index (χ1) is 15.2. The molecule has 2 aromatic heterocycles. The molecule has 166 valence electrons. The number of nitrogens with zero attached hydrogens (tertiary/aromatic N) is 2. The number of hydrogen-bond donors (Lipinski definition) is 3. The molecular formula is C25H34N4O2. The first kappa shape index (κ1) is 21.6. The van der Waals surface area contributed by atoms with Crippen LogP contribution in [0.1, 0.15) is 79.7 Å². The summed E-state index contributed by atoms with van der Waals surface area (Å²) in [6.07, 6.45) is 12.9. The fourth-order valence-corrected chi connectivity index (χ4v) is 4.74. The molecule has 3 N–H and O–H groups in total. The maximum Gasteiger partial charge on any atom is 0.303 e. The molecule has 0 aliphatic carbocycles. The molecular weight excluding hydrogens is 388 g/mol. The van der Waals surface area contributed by atoms with E-state index in [1.54, 1.807) is 0 Å². The van der Waals surface area contributed by atoms with Crippen molar-refractivity contribution >= 4 is 17.6 Å². The first-order valence-corrected chi connectivity index (χ1v) is 11.9. The predicted octanol–water partition coefficient (Wildman–Crippen LogP) is 4.94. The van der Waals surface area contributed by atoms with Crippen LogP contribution in [0.2, 0.25) is 0 Å². The van der Waals surface area contributed by atoms with Crippen molar-refractivity contribution in [2.45, 2.75) is 76.5 Å². The summed E-state index contributed by atoms with van der Waals surface area (Å²) in [4.78, 5) is 20.8. The van der Waals surface area contributed by atoms with E-state index >= 15 is 0 Å². The second-order valence-corrected chi connectivity index (χ2v) is 8.90. The van der Waals surface area contributed by atoms with Gasteiger partial charge in [0, 0.05) is 25.0 Å². The van der Waals surface area contributed by atoms with Crippen molar-refractivity contribution < 1.29 is 9.90 Å². The number of carbonyl (C=O) groups is 1. The van der Waals surface area contributed by atoms with Gasteiger partial charge in [0.2, 0.25) is 0 Å². The van der Waals surface area contributed by atoms with Crippen LogP contribution in [0.25, 0.3) is 0 Å². The Bertz CT molecular complexity index is 899. The number of rotatable bonds is 10. The molecule has 31 heavy (non-hydrogen) atoms. The van der Waals surface area contributed by atoms with Crippen LogP contribution in [0.3, 0.4) is 0 Å². The summed E-state index contributed by atoms with van der Waals surface area (Å²) in [5.74, 6) is 1.36. The van der Waals surface area contributed by atoms with Crippen LogP contribution in [-0.4, -0.2) is 34.1 Å². The van der Waals surface area contributed by atoms with Gasteiger partial charge in [-0.05, 0) is 73.6 Å². The summed E-state index contributed by atoms with van der Waals surface area (Å²) in [6.45, 7) is 1.99. The molecule has 0 radical (unpaired) electrons. The number of unbranched alkanes of at least 4 members (excludes halogenated alkanes) is 3. The molecule has 6 nitrogen and oxygen atoms in total. The average Bonchev–Trinajstić information content (AvgIpc) is 2.80. The molecule has 1 atom stereocenters. The molecule has 0 fully saturated rings. The zero-order chi connectivity index (χ0) is 21.5. The number of carboxylic acids is 1. The minimum absolute atomic E-state index is 0.0469. The summed E-state index contributed by atoms with van der Waals surface area (Å²) in [6, 6.07) is 6.58. The smallest absolute Gasteiger partial charge is 0.303 e.